The van der Waals surface area contributed by atoms with Gasteiger partial charge in [0.15, 0.2) is 0 Å². The molecule has 7 nitrogen and oxygen atoms in total. The van der Waals surface area contributed by atoms with Crippen LogP contribution in [0.3, 0.4) is 0 Å². The van der Waals surface area contributed by atoms with Gasteiger partial charge in [0.25, 0.3) is 5.69 Å². The molecule has 1 aromatic rings. The average molecular weight is 303 g/mol. The molecule has 1 aromatic carbocycles. The van der Waals surface area contributed by atoms with E-state index in [1.165, 1.54) is 0 Å². The van der Waals surface area contributed by atoms with E-state index >= 15 is 0 Å². The highest BCUT2D eigenvalue weighted by atomic mass is 32.2. The first kappa shape index (κ1) is 14.8. The Labute approximate surface area is 115 Å². The van der Waals surface area contributed by atoms with Crippen LogP contribution < -0.4 is 5.73 Å². The Hall–Kier alpha value is -1.58. The third-order valence-electron chi connectivity index (χ3n) is 3.33. The molecule has 0 aliphatic carbocycles. The summed E-state index contributed by atoms with van der Waals surface area (Å²) in [5, 5.41) is 10.7. The van der Waals surface area contributed by atoms with Gasteiger partial charge in [-0.05, 0) is 24.9 Å². The van der Waals surface area contributed by atoms with E-state index in [4.69, 9.17) is 5.73 Å². The predicted molar refractivity (Wildman–Crippen MR) is 69.0 cm³/mol. The van der Waals surface area contributed by atoms with Crippen molar-refractivity contribution >= 4 is 15.7 Å². The van der Waals surface area contributed by atoms with E-state index in [2.05, 4.69) is 0 Å². The quantitative estimate of drug-likeness (QED) is 0.651. The zero-order valence-electron chi connectivity index (χ0n) is 10.5. The van der Waals surface area contributed by atoms with Gasteiger partial charge in [0.05, 0.1) is 4.92 Å². The lowest BCUT2D eigenvalue weighted by Gasteiger charge is -2.16. The number of nitro benzene ring substituents is 1. The summed E-state index contributed by atoms with van der Waals surface area (Å²) in [7, 11) is -4.07. The van der Waals surface area contributed by atoms with Gasteiger partial charge in [-0.15, -0.1) is 0 Å². The number of nitrogens with zero attached hydrogens (tertiary/aromatic N) is 2. The highest BCUT2D eigenvalue weighted by Crippen LogP contribution is 2.28. The van der Waals surface area contributed by atoms with E-state index in [-0.39, 0.29) is 19.0 Å². The van der Waals surface area contributed by atoms with E-state index in [0.29, 0.717) is 13.0 Å². The molecule has 20 heavy (non-hydrogen) atoms. The summed E-state index contributed by atoms with van der Waals surface area (Å²) >= 11 is 0. The largest absolute Gasteiger partial charge is 0.330 e. The van der Waals surface area contributed by atoms with Crippen molar-refractivity contribution in [2.75, 3.05) is 19.6 Å². The number of non-ortho nitro benzene ring substituents is 1. The van der Waals surface area contributed by atoms with Gasteiger partial charge >= 0.3 is 0 Å². The molecule has 2 rings (SSSR count). The molecule has 1 aliphatic rings. The Balaban J connectivity index is 2.39. The molecular formula is C11H14FN3O4S. The molecule has 1 heterocycles. The van der Waals surface area contributed by atoms with E-state index in [9.17, 15) is 22.9 Å². The molecule has 2 N–H and O–H groups in total. The summed E-state index contributed by atoms with van der Waals surface area (Å²) in [4.78, 5) is 9.25. The first-order chi connectivity index (χ1) is 9.36. The van der Waals surface area contributed by atoms with Crippen LogP contribution in [0.4, 0.5) is 10.1 Å². The number of benzene rings is 1. The number of nitro groups is 1. The smallest absolute Gasteiger partial charge is 0.270 e. The summed E-state index contributed by atoms with van der Waals surface area (Å²) in [6.07, 6.45) is 0.603. The minimum Gasteiger partial charge on any atom is -0.330 e. The van der Waals surface area contributed by atoms with Crippen molar-refractivity contribution in [1.29, 1.82) is 0 Å². The van der Waals surface area contributed by atoms with Gasteiger partial charge in [-0.25, -0.2) is 12.8 Å². The molecule has 1 unspecified atom stereocenters. The summed E-state index contributed by atoms with van der Waals surface area (Å²) in [5.74, 6) is -0.960. The second-order valence-electron chi connectivity index (χ2n) is 4.63. The fraction of sp³-hybridized carbons (Fsp3) is 0.455. The Morgan fingerprint density at radius 2 is 2.20 bits per heavy atom. The van der Waals surface area contributed by atoms with Crippen LogP contribution in [0, 0.1) is 21.8 Å². The van der Waals surface area contributed by atoms with Crippen molar-refractivity contribution < 1.29 is 17.7 Å². The minimum atomic E-state index is -4.07. The van der Waals surface area contributed by atoms with Gasteiger partial charge in [-0.1, -0.05) is 0 Å². The van der Waals surface area contributed by atoms with Crippen molar-refractivity contribution in [3.8, 4) is 0 Å². The first-order valence-electron chi connectivity index (χ1n) is 6.00. The van der Waals surface area contributed by atoms with Gasteiger partial charge in [-0.2, -0.15) is 4.31 Å². The minimum absolute atomic E-state index is 0.0338. The molecule has 9 heteroatoms. The molecule has 1 atom stereocenters. The van der Waals surface area contributed by atoms with Crippen LogP contribution in [0.25, 0.3) is 0 Å². The van der Waals surface area contributed by atoms with Crippen LogP contribution in [0.1, 0.15) is 6.42 Å². The van der Waals surface area contributed by atoms with Gasteiger partial charge < -0.3 is 5.73 Å². The number of nitrogens with two attached hydrogens (primary N) is 1. The van der Waals surface area contributed by atoms with Gasteiger partial charge in [0, 0.05) is 25.2 Å². The van der Waals surface area contributed by atoms with E-state index in [1.807, 2.05) is 0 Å². The number of hydrogen-bond donors (Lipinski definition) is 1. The predicted octanol–water partition coefficient (Wildman–Crippen LogP) is 0.703. The molecule has 110 valence electrons. The Kier molecular flexibility index (Phi) is 4.02. The molecule has 1 fully saturated rings. The number of rotatable bonds is 4. The number of hydrogen-bond acceptors (Lipinski definition) is 5. The van der Waals surface area contributed by atoms with Crippen LogP contribution in [0.2, 0.25) is 0 Å². The van der Waals surface area contributed by atoms with E-state index in [0.717, 1.165) is 22.5 Å². The van der Waals surface area contributed by atoms with Gasteiger partial charge in [0.2, 0.25) is 10.0 Å². The van der Waals surface area contributed by atoms with Crippen molar-refractivity contribution in [3.05, 3.63) is 34.1 Å². The van der Waals surface area contributed by atoms with Crippen LogP contribution in [-0.4, -0.2) is 37.3 Å². The third-order valence-corrected chi connectivity index (χ3v) is 5.21. The zero-order valence-corrected chi connectivity index (χ0v) is 11.3. The molecule has 0 spiro atoms. The normalized spacial score (nSPS) is 20.2. The third kappa shape index (κ3) is 2.65. The Morgan fingerprint density at radius 3 is 2.75 bits per heavy atom. The first-order valence-corrected chi connectivity index (χ1v) is 7.44. The van der Waals surface area contributed by atoms with Crippen LogP contribution >= 0.6 is 0 Å². The fourth-order valence-electron chi connectivity index (χ4n) is 2.15. The molecule has 0 amide bonds. The van der Waals surface area contributed by atoms with Gasteiger partial charge in [0.1, 0.15) is 10.7 Å². The number of halogens is 1. The van der Waals surface area contributed by atoms with E-state index in [1.54, 1.807) is 0 Å². The highest BCUT2D eigenvalue weighted by molar-refractivity contribution is 7.89. The topological polar surface area (TPSA) is 107 Å². The molecule has 0 radical (unpaired) electrons. The molecule has 1 saturated heterocycles. The molecule has 0 bridgehead atoms. The lowest BCUT2D eigenvalue weighted by molar-refractivity contribution is -0.385. The van der Waals surface area contributed by atoms with Crippen LogP contribution in [-0.2, 0) is 10.0 Å². The van der Waals surface area contributed by atoms with Crippen LogP contribution in [0.5, 0.6) is 0 Å². The summed E-state index contributed by atoms with van der Waals surface area (Å²) in [6.45, 7) is 0.802. The number of sulfonamides is 1. The Morgan fingerprint density at radius 1 is 1.50 bits per heavy atom. The molecule has 1 aliphatic heterocycles. The van der Waals surface area contributed by atoms with Gasteiger partial charge in [-0.3, -0.25) is 10.1 Å². The molecule has 0 saturated carbocycles. The van der Waals surface area contributed by atoms with E-state index < -0.39 is 31.3 Å². The lowest BCUT2D eigenvalue weighted by Crippen LogP contribution is -2.30. The standard InChI is InChI=1S/C11H14FN3O4S/c12-10-2-1-9(15(16)17)5-11(10)20(18,19)14-4-3-8(6-13)7-14/h1-2,5,8H,3-4,6-7,13H2. The Bertz CT molecular complexity index is 635. The maximum absolute atomic E-state index is 13.7. The van der Waals surface area contributed by atoms with Crippen molar-refractivity contribution in [2.45, 2.75) is 11.3 Å². The van der Waals surface area contributed by atoms with Crippen molar-refractivity contribution in [2.24, 2.45) is 11.7 Å². The van der Waals surface area contributed by atoms with Crippen molar-refractivity contribution in [1.82, 2.24) is 4.31 Å². The monoisotopic (exact) mass is 303 g/mol. The summed E-state index contributed by atoms with van der Waals surface area (Å²) < 4.78 is 39.5. The maximum atomic E-state index is 13.7. The lowest BCUT2D eigenvalue weighted by atomic mass is 10.1. The summed E-state index contributed by atoms with van der Waals surface area (Å²) in [5.41, 5.74) is 5.03. The fourth-order valence-corrected chi connectivity index (χ4v) is 3.77. The van der Waals surface area contributed by atoms with Crippen LogP contribution in [0.15, 0.2) is 23.1 Å². The summed E-state index contributed by atoms with van der Waals surface area (Å²) in [6, 6.07) is 2.48. The molecular weight excluding hydrogens is 289 g/mol. The second kappa shape index (κ2) is 5.43. The zero-order chi connectivity index (χ0) is 14.9. The molecule has 0 aromatic heterocycles. The highest BCUT2D eigenvalue weighted by Gasteiger charge is 2.34. The SMILES string of the molecule is NCC1CCN(S(=O)(=O)c2cc([N+](=O)[O-])ccc2F)C1. The maximum Gasteiger partial charge on any atom is 0.270 e. The van der Waals surface area contributed by atoms with Crippen molar-refractivity contribution in [3.63, 3.8) is 0 Å². The average Bonchev–Trinajstić information content (AvgIpc) is 2.88. The second-order valence-corrected chi connectivity index (χ2v) is 6.53.